The first-order valence-electron chi connectivity index (χ1n) is 9.30. The van der Waals surface area contributed by atoms with Crippen LogP contribution in [0.4, 0.5) is 10.5 Å². The van der Waals surface area contributed by atoms with Gasteiger partial charge < -0.3 is 24.4 Å². The molecule has 1 fully saturated rings. The molecule has 156 valence electrons. The van der Waals surface area contributed by atoms with Gasteiger partial charge in [-0.15, -0.1) is 0 Å². The average molecular weight is 405 g/mol. The quantitative estimate of drug-likeness (QED) is 0.687. The van der Waals surface area contributed by atoms with E-state index in [1.807, 2.05) is 0 Å². The highest BCUT2D eigenvalue weighted by Gasteiger charge is 2.36. The lowest BCUT2D eigenvalue weighted by molar-refractivity contribution is -0.152. The first-order chi connectivity index (χ1) is 13.8. The Morgan fingerprint density at radius 3 is 2.66 bits per heavy atom. The molecule has 0 aliphatic carbocycles. The van der Waals surface area contributed by atoms with E-state index in [1.54, 1.807) is 32.0 Å². The summed E-state index contributed by atoms with van der Waals surface area (Å²) < 4.78 is 15.9. The van der Waals surface area contributed by atoms with Gasteiger partial charge in [-0.3, -0.25) is 19.7 Å². The van der Waals surface area contributed by atoms with Crippen molar-refractivity contribution in [1.82, 2.24) is 10.6 Å². The molecule has 4 amide bonds. The molecule has 0 bridgehead atoms. The summed E-state index contributed by atoms with van der Waals surface area (Å²) in [6, 6.07) is 4.33. The fourth-order valence-electron chi connectivity index (χ4n) is 3.03. The van der Waals surface area contributed by atoms with Crippen molar-refractivity contribution in [2.24, 2.45) is 5.92 Å². The topological polar surface area (TPSA) is 123 Å². The van der Waals surface area contributed by atoms with E-state index in [2.05, 4.69) is 10.6 Å². The number of carbonyl (C=O) groups is 4. The number of carbonyl (C=O) groups excluding carboxylic acids is 4. The Kier molecular flexibility index (Phi) is 6.20. The molecule has 2 N–H and O–H groups in total. The second-order valence-electron chi connectivity index (χ2n) is 7.02. The van der Waals surface area contributed by atoms with E-state index >= 15 is 0 Å². The predicted molar refractivity (Wildman–Crippen MR) is 101 cm³/mol. The first-order valence-corrected chi connectivity index (χ1v) is 9.30. The lowest BCUT2D eigenvalue weighted by Crippen LogP contribution is -2.44. The molecular formula is C19H23N3O7. The van der Waals surface area contributed by atoms with Crippen LogP contribution >= 0.6 is 0 Å². The zero-order chi connectivity index (χ0) is 21.0. The van der Waals surface area contributed by atoms with Gasteiger partial charge in [0.2, 0.25) is 5.91 Å². The smallest absolute Gasteiger partial charge is 0.321 e. The Balaban J connectivity index is 1.52. The highest BCUT2D eigenvalue weighted by Crippen LogP contribution is 2.36. The Morgan fingerprint density at radius 2 is 1.93 bits per heavy atom. The van der Waals surface area contributed by atoms with Gasteiger partial charge in [-0.1, -0.05) is 0 Å². The van der Waals surface area contributed by atoms with Gasteiger partial charge in [0.15, 0.2) is 18.1 Å². The normalized spacial score (nSPS) is 17.8. The molecule has 1 aromatic carbocycles. The molecule has 29 heavy (non-hydrogen) atoms. The highest BCUT2D eigenvalue weighted by molar-refractivity contribution is 6.00. The third-order valence-electron chi connectivity index (χ3n) is 4.31. The lowest BCUT2D eigenvalue weighted by atomic mass is 10.1. The van der Waals surface area contributed by atoms with Gasteiger partial charge in [-0.25, -0.2) is 4.79 Å². The number of amides is 4. The summed E-state index contributed by atoms with van der Waals surface area (Å²) in [5.41, 5.74) is 0.595. The minimum absolute atomic E-state index is 0.0251. The van der Waals surface area contributed by atoms with Crippen LogP contribution in [0.5, 0.6) is 11.5 Å². The zero-order valence-electron chi connectivity index (χ0n) is 16.2. The minimum atomic E-state index is -0.746. The molecule has 1 atom stereocenters. The number of benzene rings is 1. The standard InChI is InChI=1S/C19H23N3O7/c1-11(2)20-19(26)21-16(23)10-29-18(25)12-7-17(24)22(9-12)13-3-4-14-15(8-13)28-6-5-27-14/h3-4,8,11-12H,5-7,9-10H2,1-2H3,(H2,20,21,23,26)/t12-/m1/s1. The van der Waals surface area contributed by atoms with Crippen molar-refractivity contribution in [1.29, 1.82) is 0 Å². The second-order valence-corrected chi connectivity index (χ2v) is 7.02. The fourth-order valence-corrected chi connectivity index (χ4v) is 3.03. The maximum Gasteiger partial charge on any atom is 0.321 e. The Morgan fingerprint density at radius 1 is 1.21 bits per heavy atom. The van der Waals surface area contributed by atoms with E-state index in [4.69, 9.17) is 14.2 Å². The van der Waals surface area contributed by atoms with Gasteiger partial charge in [-0.2, -0.15) is 0 Å². The molecule has 3 rings (SSSR count). The molecule has 2 aliphatic heterocycles. The van der Waals surface area contributed by atoms with Gasteiger partial charge in [0.25, 0.3) is 5.91 Å². The van der Waals surface area contributed by atoms with Crippen LogP contribution in [0.2, 0.25) is 0 Å². The molecule has 0 radical (unpaired) electrons. The number of rotatable bonds is 5. The summed E-state index contributed by atoms with van der Waals surface area (Å²) in [4.78, 5) is 49.2. The molecule has 1 aromatic rings. The zero-order valence-corrected chi connectivity index (χ0v) is 16.2. The van der Waals surface area contributed by atoms with Crippen molar-refractivity contribution in [3.8, 4) is 11.5 Å². The summed E-state index contributed by atoms with van der Waals surface area (Å²) >= 11 is 0. The van der Waals surface area contributed by atoms with Crippen LogP contribution in [0.3, 0.4) is 0 Å². The van der Waals surface area contributed by atoms with Crippen molar-refractivity contribution < 1.29 is 33.4 Å². The van der Waals surface area contributed by atoms with Crippen LogP contribution in [-0.2, 0) is 19.1 Å². The Labute approximate surface area is 167 Å². The SMILES string of the molecule is CC(C)NC(=O)NC(=O)COC(=O)[C@@H]1CC(=O)N(c2ccc3c(c2)OCCO3)C1. The third-order valence-corrected chi connectivity index (χ3v) is 4.31. The van der Waals surface area contributed by atoms with E-state index < -0.39 is 30.4 Å². The van der Waals surface area contributed by atoms with Gasteiger partial charge >= 0.3 is 12.0 Å². The molecule has 2 heterocycles. The number of nitrogens with zero attached hydrogens (tertiary/aromatic N) is 1. The number of fused-ring (bicyclic) bond motifs is 1. The van der Waals surface area contributed by atoms with Crippen LogP contribution < -0.4 is 25.0 Å². The molecule has 0 saturated carbocycles. The molecule has 10 heteroatoms. The van der Waals surface area contributed by atoms with Crippen LogP contribution in [0.15, 0.2) is 18.2 Å². The van der Waals surface area contributed by atoms with Crippen LogP contribution in [0.1, 0.15) is 20.3 Å². The van der Waals surface area contributed by atoms with Gasteiger partial charge in [-0.05, 0) is 26.0 Å². The van der Waals surface area contributed by atoms with Crippen molar-refractivity contribution in [3.63, 3.8) is 0 Å². The fraction of sp³-hybridized carbons (Fsp3) is 0.474. The lowest BCUT2D eigenvalue weighted by Gasteiger charge is -2.22. The van der Waals surface area contributed by atoms with Crippen molar-refractivity contribution in [2.45, 2.75) is 26.3 Å². The van der Waals surface area contributed by atoms with E-state index in [0.29, 0.717) is 30.4 Å². The minimum Gasteiger partial charge on any atom is -0.486 e. The van der Waals surface area contributed by atoms with Crippen molar-refractivity contribution in [2.75, 3.05) is 31.3 Å². The first kappa shape index (κ1) is 20.4. The predicted octanol–water partition coefficient (Wildman–Crippen LogP) is 0.588. The van der Waals surface area contributed by atoms with Gasteiger partial charge in [0.05, 0.1) is 5.92 Å². The highest BCUT2D eigenvalue weighted by atomic mass is 16.6. The van der Waals surface area contributed by atoms with E-state index in [9.17, 15) is 19.2 Å². The van der Waals surface area contributed by atoms with Crippen molar-refractivity contribution in [3.05, 3.63) is 18.2 Å². The maximum absolute atomic E-state index is 12.4. The largest absolute Gasteiger partial charge is 0.486 e. The van der Waals surface area contributed by atoms with Crippen LogP contribution in [0, 0.1) is 5.92 Å². The monoisotopic (exact) mass is 405 g/mol. The third kappa shape index (κ3) is 5.15. The number of esters is 1. The van der Waals surface area contributed by atoms with Gasteiger partial charge in [0, 0.05) is 30.8 Å². The number of imide groups is 1. The number of urea groups is 1. The summed E-state index contributed by atoms with van der Waals surface area (Å²) in [5.74, 6) is -1.20. The van der Waals surface area contributed by atoms with Crippen LogP contribution in [-0.4, -0.2) is 56.2 Å². The van der Waals surface area contributed by atoms with E-state index in [0.717, 1.165) is 0 Å². The molecule has 10 nitrogen and oxygen atoms in total. The number of anilines is 1. The summed E-state index contributed by atoms with van der Waals surface area (Å²) in [7, 11) is 0. The Hall–Kier alpha value is -3.30. The van der Waals surface area contributed by atoms with E-state index in [1.165, 1.54) is 4.90 Å². The summed E-state index contributed by atoms with van der Waals surface area (Å²) in [5, 5.41) is 4.55. The molecule has 1 saturated heterocycles. The van der Waals surface area contributed by atoms with E-state index in [-0.39, 0.29) is 24.9 Å². The Bertz CT molecular complexity index is 824. The number of hydrogen-bond donors (Lipinski definition) is 2. The summed E-state index contributed by atoms with van der Waals surface area (Å²) in [6.45, 7) is 3.92. The summed E-state index contributed by atoms with van der Waals surface area (Å²) in [6.07, 6.45) is -0.0251. The number of nitrogens with one attached hydrogen (secondary N) is 2. The molecular weight excluding hydrogens is 382 g/mol. The van der Waals surface area contributed by atoms with Crippen LogP contribution in [0.25, 0.3) is 0 Å². The second kappa shape index (κ2) is 8.80. The molecule has 0 unspecified atom stereocenters. The number of hydrogen-bond acceptors (Lipinski definition) is 7. The number of ether oxygens (including phenoxy) is 3. The van der Waals surface area contributed by atoms with Crippen molar-refractivity contribution >= 4 is 29.5 Å². The molecule has 0 spiro atoms. The molecule has 2 aliphatic rings. The average Bonchev–Trinajstić information content (AvgIpc) is 3.06. The molecule has 0 aromatic heterocycles. The van der Waals surface area contributed by atoms with Gasteiger partial charge in [0.1, 0.15) is 13.2 Å². The maximum atomic E-state index is 12.4.